The molecule has 52 heavy (non-hydrogen) atoms. The van der Waals surface area contributed by atoms with Gasteiger partial charge in [-0.25, -0.2) is 14.1 Å². The van der Waals surface area contributed by atoms with Crippen molar-refractivity contribution in [3.05, 3.63) is 54.5 Å². The van der Waals surface area contributed by atoms with Crippen LogP contribution in [0.2, 0.25) is 0 Å². The molecular weight excluding hydrogens is 697 g/mol. The number of ether oxygens (including phenoxy) is 5. The smallest absolute Gasteiger partial charge is 0.459 e. The van der Waals surface area contributed by atoms with Crippen LogP contribution in [-0.4, -0.2) is 82.8 Å². The summed E-state index contributed by atoms with van der Waals surface area (Å²) in [5.74, 6) is -2.36. The van der Waals surface area contributed by atoms with Crippen LogP contribution in [0.4, 0.5) is 5.82 Å². The van der Waals surface area contributed by atoms with Gasteiger partial charge in [0.1, 0.15) is 35.3 Å². The van der Waals surface area contributed by atoms with Crippen molar-refractivity contribution in [3.63, 3.8) is 0 Å². The number of rotatable bonds is 15. The zero-order valence-corrected chi connectivity index (χ0v) is 31.2. The maximum atomic E-state index is 14.5. The van der Waals surface area contributed by atoms with Crippen LogP contribution < -0.4 is 15.3 Å². The fraction of sp³-hybridized carbons (Fsp3) is 0.571. The van der Waals surface area contributed by atoms with Crippen molar-refractivity contribution in [3.8, 4) is 5.75 Å². The van der Waals surface area contributed by atoms with Crippen molar-refractivity contribution >= 4 is 37.0 Å². The fourth-order valence-electron chi connectivity index (χ4n) is 5.76. The van der Waals surface area contributed by atoms with Crippen LogP contribution in [0.15, 0.2) is 48.8 Å². The number of para-hydroxylation sites is 1. The summed E-state index contributed by atoms with van der Waals surface area (Å²) in [4.78, 5) is 43.5. The summed E-state index contributed by atoms with van der Waals surface area (Å²) in [6, 6.07) is 10.5. The van der Waals surface area contributed by atoms with Gasteiger partial charge in [0, 0.05) is 13.2 Å². The summed E-state index contributed by atoms with van der Waals surface area (Å²) in [5, 5.41) is 7.03. The Morgan fingerprint density at radius 1 is 1.00 bits per heavy atom. The highest BCUT2D eigenvalue weighted by Gasteiger charge is 2.59. The predicted molar refractivity (Wildman–Crippen MR) is 187 cm³/mol. The first-order valence-corrected chi connectivity index (χ1v) is 18.9. The van der Waals surface area contributed by atoms with Crippen molar-refractivity contribution in [2.75, 3.05) is 32.2 Å². The van der Waals surface area contributed by atoms with Crippen molar-refractivity contribution < 1.29 is 51.7 Å². The molecule has 5 rings (SSSR count). The van der Waals surface area contributed by atoms with Crippen LogP contribution in [0, 0.1) is 17.8 Å². The first-order valence-electron chi connectivity index (χ1n) is 17.4. The van der Waals surface area contributed by atoms with Crippen molar-refractivity contribution in [2.24, 2.45) is 17.8 Å². The van der Waals surface area contributed by atoms with Crippen LogP contribution >= 0.6 is 7.75 Å². The van der Waals surface area contributed by atoms with Crippen LogP contribution in [0.1, 0.15) is 66.2 Å². The number of anilines is 1. The molecule has 0 amide bonds. The number of carbonyl (C=O) groups excluding carboxylic acids is 3. The highest BCUT2D eigenvalue weighted by Crippen LogP contribution is 2.50. The maximum absolute atomic E-state index is 14.5. The minimum absolute atomic E-state index is 0.157. The molecule has 4 heterocycles. The van der Waals surface area contributed by atoms with Crippen molar-refractivity contribution in [1.82, 2.24) is 19.7 Å². The normalized spacial score (nSPS) is 24.0. The summed E-state index contributed by atoms with van der Waals surface area (Å²) in [6.45, 7) is 10.6. The highest BCUT2D eigenvalue weighted by molar-refractivity contribution is 7.52. The van der Waals surface area contributed by atoms with Crippen LogP contribution in [0.5, 0.6) is 5.75 Å². The number of hydrogen-bond acceptors (Lipinski definition) is 14. The Bertz CT molecular complexity index is 1750. The minimum atomic E-state index is -4.41. The van der Waals surface area contributed by atoms with Gasteiger partial charge in [-0.2, -0.15) is 10.2 Å². The number of carbonyl (C=O) groups is 3. The monoisotopic (exact) mass is 745 g/mol. The molecule has 284 valence electrons. The second kappa shape index (κ2) is 16.7. The third-order valence-corrected chi connectivity index (χ3v) is 10.5. The van der Waals surface area contributed by atoms with Gasteiger partial charge in [0.25, 0.3) is 0 Å². The van der Waals surface area contributed by atoms with E-state index in [0.29, 0.717) is 24.4 Å². The van der Waals surface area contributed by atoms with E-state index in [1.54, 1.807) is 77.1 Å². The second-order valence-corrected chi connectivity index (χ2v) is 15.5. The summed E-state index contributed by atoms with van der Waals surface area (Å²) in [5.41, 5.74) is 5.39. The lowest BCUT2D eigenvalue weighted by molar-refractivity contribution is -0.175. The number of nitrogen functional groups attached to an aromatic ring is 1. The van der Waals surface area contributed by atoms with Crippen LogP contribution in [-0.2, 0) is 47.2 Å². The Kier molecular flexibility index (Phi) is 12.6. The molecular formula is C35H48N5O11P. The first-order chi connectivity index (χ1) is 24.7. The Hall–Kier alpha value is -4.08. The molecule has 16 nitrogen and oxygen atoms in total. The minimum Gasteiger partial charge on any atom is -0.464 e. The molecule has 0 saturated carbocycles. The fourth-order valence-corrected chi connectivity index (χ4v) is 7.35. The molecule has 1 aromatic carbocycles. The molecule has 0 bridgehead atoms. The number of benzene rings is 1. The molecule has 17 heteroatoms. The SMILES string of the molecule is CC(C)C(=O)O[C@H]1[C@H](c2ccc3c(N)ncnn23)O[C@](C)(CO[P@@](=O)(N[C@@H](C)C(=O)OCC2CCOCC2)Oc2ccccc2)[C@H]1OC(=O)C(C)C. The van der Waals surface area contributed by atoms with Gasteiger partial charge >= 0.3 is 25.7 Å². The topological polar surface area (TPSA) is 201 Å². The van der Waals surface area contributed by atoms with Gasteiger partial charge in [-0.05, 0) is 56.9 Å². The van der Waals surface area contributed by atoms with Gasteiger partial charge in [-0.15, -0.1) is 0 Å². The lowest BCUT2D eigenvalue weighted by atomic mass is 9.95. The predicted octanol–water partition coefficient (Wildman–Crippen LogP) is 4.43. The number of nitrogens with two attached hydrogens (primary N) is 1. The van der Waals surface area contributed by atoms with E-state index in [-0.39, 0.29) is 24.1 Å². The first kappa shape index (κ1) is 39.1. The molecule has 3 N–H and O–H groups in total. The quantitative estimate of drug-likeness (QED) is 0.126. The van der Waals surface area contributed by atoms with E-state index in [0.717, 1.165) is 12.8 Å². The van der Waals surface area contributed by atoms with Crippen LogP contribution in [0.25, 0.3) is 5.52 Å². The Morgan fingerprint density at radius 3 is 2.35 bits per heavy atom. The second-order valence-electron chi connectivity index (χ2n) is 13.8. The number of aromatic nitrogens is 3. The summed E-state index contributed by atoms with van der Waals surface area (Å²) >= 11 is 0. The number of nitrogens with zero attached hydrogens (tertiary/aromatic N) is 3. The summed E-state index contributed by atoms with van der Waals surface area (Å²) in [6.07, 6.45) is -0.744. The number of hydrogen-bond donors (Lipinski definition) is 2. The number of esters is 3. The van der Waals surface area contributed by atoms with E-state index in [1.165, 1.54) is 17.8 Å². The zero-order chi connectivity index (χ0) is 37.6. The standard InChI is InChI=1S/C35H48N5O11P/c1-21(2)32(41)48-29-28(26-12-13-27-31(36)37-20-38-40(26)27)50-35(6,30(29)49-33(42)22(3)4)19-47-52(44,51-25-10-8-7-9-11-25)39-23(5)34(43)46-18-24-14-16-45-17-15-24/h7-13,20-24,28-30H,14-19H2,1-6H3,(H,39,44)(H2,36,37,38)/t23-,28-,29-,30-,35+,52-/m0/s1. The molecule has 2 aromatic heterocycles. The third-order valence-electron chi connectivity index (χ3n) is 8.83. The zero-order valence-electron chi connectivity index (χ0n) is 30.3. The molecule has 0 spiro atoms. The Morgan fingerprint density at radius 2 is 1.67 bits per heavy atom. The van der Waals surface area contributed by atoms with Crippen molar-refractivity contribution in [2.45, 2.75) is 84.3 Å². The Balaban J connectivity index is 1.46. The summed E-state index contributed by atoms with van der Waals surface area (Å²) in [7, 11) is -4.41. The van der Waals surface area contributed by atoms with E-state index >= 15 is 0 Å². The molecule has 0 radical (unpaired) electrons. The lowest BCUT2D eigenvalue weighted by Gasteiger charge is -2.33. The van der Waals surface area contributed by atoms with E-state index in [2.05, 4.69) is 15.2 Å². The maximum Gasteiger partial charge on any atom is 0.459 e. The van der Waals surface area contributed by atoms with Gasteiger partial charge in [-0.3, -0.25) is 18.9 Å². The molecule has 3 aromatic rings. The molecule has 0 aliphatic carbocycles. The summed E-state index contributed by atoms with van der Waals surface area (Å²) < 4.78 is 57.6. The van der Waals surface area contributed by atoms with Crippen molar-refractivity contribution in [1.29, 1.82) is 0 Å². The van der Waals surface area contributed by atoms with E-state index in [4.69, 9.17) is 38.5 Å². The molecule has 6 atom stereocenters. The lowest BCUT2D eigenvalue weighted by Crippen LogP contribution is -2.49. The highest BCUT2D eigenvalue weighted by atomic mass is 31.2. The third kappa shape index (κ3) is 9.28. The van der Waals surface area contributed by atoms with E-state index in [9.17, 15) is 18.9 Å². The molecule has 2 aliphatic heterocycles. The Labute approximate surface area is 302 Å². The average molecular weight is 746 g/mol. The largest absolute Gasteiger partial charge is 0.464 e. The molecule has 0 unspecified atom stereocenters. The molecule has 2 aliphatic rings. The van der Waals surface area contributed by atoms with Gasteiger partial charge in [0.05, 0.1) is 30.7 Å². The van der Waals surface area contributed by atoms with Gasteiger partial charge in [-0.1, -0.05) is 45.9 Å². The molecule has 2 saturated heterocycles. The van der Waals surface area contributed by atoms with E-state index < -0.39 is 74.1 Å². The van der Waals surface area contributed by atoms with E-state index in [1.807, 2.05) is 0 Å². The van der Waals surface area contributed by atoms with Gasteiger partial charge < -0.3 is 33.9 Å². The number of nitrogens with one attached hydrogen (secondary N) is 1. The average Bonchev–Trinajstić information content (AvgIpc) is 3.66. The molecule has 2 fully saturated rings. The van der Waals surface area contributed by atoms with Crippen LogP contribution in [0.3, 0.4) is 0 Å². The van der Waals surface area contributed by atoms with Gasteiger partial charge in [0.2, 0.25) is 0 Å². The number of fused-ring (bicyclic) bond motifs is 1. The van der Waals surface area contributed by atoms with Gasteiger partial charge in [0.15, 0.2) is 18.0 Å².